The number of nitrogens with one attached hydrogen (secondary N) is 1. The van der Waals surface area contributed by atoms with Crippen molar-refractivity contribution < 1.29 is 13.9 Å². The lowest BCUT2D eigenvalue weighted by Gasteiger charge is -2.25. The first kappa shape index (κ1) is 15.7. The van der Waals surface area contributed by atoms with Crippen LogP contribution >= 0.6 is 0 Å². The van der Waals surface area contributed by atoms with E-state index in [1.54, 1.807) is 13.3 Å². The highest BCUT2D eigenvalue weighted by molar-refractivity contribution is 5.76. The third-order valence-corrected chi connectivity index (χ3v) is 4.16. The lowest BCUT2D eigenvalue weighted by Crippen LogP contribution is -2.43. The van der Waals surface area contributed by atoms with E-state index in [1.165, 1.54) is 0 Å². The molecule has 0 saturated carbocycles. The smallest absolute Gasteiger partial charge is 0.298 e. The maximum atomic E-state index is 5.86. The highest BCUT2D eigenvalue weighted by atomic mass is 16.5. The van der Waals surface area contributed by atoms with Gasteiger partial charge in [-0.3, -0.25) is 4.98 Å². The molecule has 1 fully saturated rings. The SMILES string of the molecule is COc1ccc(COc2ccc3oc(N4CCNCC4)nc3c2)nc1. The summed E-state index contributed by atoms with van der Waals surface area (Å²) in [7, 11) is 1.62. The van der Waals surface area contributed by atoms with Gasteiger partial charge in [-0.2, -0.15) is 4.98 Å². The number of hydrogen-bond acceptors (Lipinski definition) is 7. The van der Waals surface area contributed by atoms with Crippen molar-refractivity contribution in [2.24, 2.45) is 0 Å². The number of oxazole rings is 1. The number of fused-ring (bicyclic) bond motifs is 1. The van der Waals surface area contributed by atoms with Crippen LogP contribution in [-0.4, -0.2) is 43.3 Å². The minimum Gasteiger partial charge on any atom is -0.495 e. The van der Waals surface area contributed by atoms with Gasteiger partial charge < -0.3 is 24.1 Å². The van der Waals surface area contributed by atoms with Crippen LogP contribution in [0.1, 0.15) is 5.69 Å². The molecule has 1 aliphatic heterocycles. The molecular formula is C18H20N4O3. The van der Waals surface area contributed by atoms with Crippen LogP contribution in [0.15, 0.2) is 40.9 Å². The fourth-order valence-electron chi connectivity index (χ4n) is 2.75. The molecule has 0 radical (unpaired) electrons. The maximum Gasteiger partial charge on any atom is 0.298 e. The van der Waals surface area contributed by atoms with Gasteiger partial charge >= 0.3 is 0 Å². The van der Waals surface area contributed by atoms with Gasteiger partial charge in [0.25, 0.3) is 6.01 Å². The minimum absolute atomic E-state index is 0.387. The Balaban J connectivity index is 1.46. The van der Waals surface area contributed by atoms with E-state index in [0.29, 0.717) is 12.6 Å². The van der Waals surface area contributed by atoms with Crippen LogP contribution in [0.2, 0.25) is 0 Å². The van der Waals surface area contributed by atoms with Crippen LogP contribution in [0.3, 0.4) is 0 Å². The van der Waals surface area contributed by atoms with Crippen LogP contribution in [0, 0.1) is 0 Å². The molecule has 25 heavy (non-hydrogen) atoms. The molecule has 2 aromatic heterocycles. The van der Waals surface area contributed by atoms with Crippen LogP contribution in [-0.2, 0) is 6.61 Å². The van der Waals surface area contributed by atoms with E-state index in [9.17, 15) is 0 Å². The van der Waals surface area contributed by atoms with Crippen molar-refractivity contribution in [3.63, 3.8) is 0 Å². The zero-order valence-corrected chi connectivity index (χ0v) is 14.1. The number of nitrogens with zero attached hydrogens (tertiary/aromatic N) is 3. The number of benzene rings is 1. The van der Waals surface area contributed by atoms with Crippen molar-refractivity contribution >= 4 is 17.1 Å². The summed E-state index contributed by atoms with van der Waals surface area (Å²) in [5.74, 6) is 1.47. The molecule has 7 heteroatoms. The van der Waals surface area contributed by atoms with Gasteiger partial charge in [-0.15, -0.1) is 0 Å². The van der Waals surface area contributed by atoms with Crippen molar-refractivity contribution in [2.45, 2.75) is 6.61 Å². The molecule has 0 unspecified atom stereocenters. The summed E-state index contributed by atoms with van der Waals surface area (Å²) in [6.45, 7) is 4.08. The highest BCUT2D eigenvalue weighted by Crippen LogP contribution is 2.26. The van der Waals surface area contributed by atoms with E-state index >= 15 is 0 Å². The molecule has 130 valence electrons. The van der Waals surface area contributed by atoms with Gasteiger partial charge in [-0.25, -0.2) is 0 Å². The quantitative estimate of drug-likeness (QED) is 0.763. The Bertz CT molecular complexity index is 841. The Labute approximate surface area is 145 Å². The molecule has 0 spiro atoms. The predicted octanol–water partition coefficient (Wildman–Crippen LogP) is 2.22. The lowest BCUT2D eigenvalue weighted by molar-refractivity contribution is 0.301. The number of piperazine rings is 1. The van der Waals surface area contributed by atoms with E-state index in [0.717, 1.165) is 54.5 Å². The molecule has 0 amide bonds. The van der Waals surface area contributed by atoms with E-state index in [-0.39, 0.29) is 0 Å². The molecule has 3 aromatic rings. The Morgan fingerprint density at radius 1 is 1.16 bits per heavy atom. The highest BCUT2D eigenvalue weighted by Gasteiger charge is 2.16. The van der Waals surface area contributed by atoms with Crippen molar-refractivity contribution in [1.29, 1.82) is 0 Å². The molecular weight excluding hydrogens is 320 g/mol. The molecule has 3 heterocycles. The molecule has 0 bridgehead atoms. The first-order valence-corrected chi connectivity index (χ1v) is 8.30. The summed E-state index contributed by atoms with van der Waals surface area (Å²) >= 11 is 0. The van der Waals surface area contributed by atoms with E-state index in [4.69, 9.17) is 13.9 Å². The van der Waals surface area contributed by atoms with E-state index < -0.39 is 0 Å². The first-order chi connectivity index (χ1) is 12.3. The number of rotatable bonds is 5. The van der Waals surface area contributed by atoms with Crippen molar-refractivity contribution in [1.82, 2.24) is 15.3 Å². The fraction of sp³-hybridized carbons (Fsp3) is 0.333. The monoisotopic (exact) mass is 340 g/mol. The number of pyridine rings is 1. The topological polar surface area (TPSA) is 72.7 Å². The van der Waals surface area contributed by atoms with E-state index in [1.807, 2.05) is 30.3 Å². The summed E-state index contributed by atoms with van der Waals surface area (Å²) in [4.78, 5) is 11.0. The van der Waals surface area contributed by atoms with Crippen molar-refractivity contribution in [3.8, 4) is 11.5 Å². The number of aromatic nitrogens is 2. The van der Waals surface area contributed by atoms with Gasteiger partial charge in [0.1, 0.15) is 23.6 Å². The molecule has 1 aromatic carbocycles. The normalized spacial score (nSPS) is 14.7. The predicted molar refractivity (Wildman–Crippen MR) is 94.2 cm³/mol. The second-order valence-corrected chi connectivity index (χ2v) is 5.84. The Hall–Kier alpha value is -2.80. The molecule has 0 aliphatic carbocycles. The third-order valence-electron chi connectivity index (χ3n) is 4.16. The van der Waals surface area contributed by atoms with E-state index in [2.05, 4.69) is 20.2 Å². The van der Waals surface area contributed by atoms with Gasteiger partial charge in [0, 0.05) is 32.2 Å². The second-order valence-electron chi connectivity index (χ2n) is 5.84. The van der Waals surface area contributed by atoms with Gasteiger partial charge in [0.15, 0.2) is 5.58 Å². The minimum atomic E-state index is 0.387. The Morgan fingerprint density at radius 3 is 2.76 bits per heavy atom. The first-order valence-electron chi connectivity index (χ1n) is 8.30. The standard InChI is InChI=1S/C18H20N4O3/c1-23-15-3-2-13(20-11-15)12-24-14-4-5-17-16(10-14)21-18(25-17)22-8-6-19-7-9-22/h2-5,10-11,19H,6-9,12H2,1H3. The lowest BCUT2D eigenvalue weighted by atomic mass is 10.3. The summed E-state index contributed by atoms with van der Waals surface area (Å²) < 4.78 is 16.8. The maximum absolute atomic E-state index is 5.86. The third kappa shape index (κ3) is 3.51. The Kier molecular flexibility index (Phi) is 4.39. The number of hydrogen-bond donors (Lipinski definition) is 1. The second kappa shape index (κ2) is 6.98. The number of anilines is 1. The summed E-state index contributed by atoms with van der Waals surface area (Å²) in [6, 6.07) is 10.1. The zero-order valence-electron chi connectivity index (χ0n) is 14.1. The molecule has 4 rings (SSSR count). The summed E-state index contributed by atoms with van der Waals surface area (Å²) in [5, 5.41) is 3.32. The fourth-order valence-corrected chi connectivity index (χ4v) is 2.75. The van der Waals surface area contributed by atoms with Crippen LogP contribution in [0.5, 0.6) is 11.5 Å². The molecule has 1 saturated heterocycles. The van der Waals surface area contributed by atoms with Crippen LogP contribution in [0.4, 0.5) is 6.01 Å². The number of methoxy groups -OCH3 is 1. The molecule has 1 aliphatic rings. The molecule has 7 nitrogen and oxygen atoms in total. The van der Waals surface area contributed by atoms with Crippen LogP contribution in [0.25, 0.3) is 11.1 Å². The largest absolute Gasteiger partial charge is 0.495 e. The average molecular weight is 340 g/mol. The molecule has 1 N–H and O–H groups in total. The summed E-state index contributed by atoms with van der Waals surface area (Å²) in [5.41, 5.74) is 2.40. The van der Waals surface area contributed by atoms with Crippen molar-refractivity contribution in [2.75, 3.05) is 38.2 Å². The van der Waals surface area contributed by atoms with Gasteiger partial charge in [0.2, 0.25) is 0 Å². The molecule has 0 atom stereocenters. The van der Waals surface area contributed by atoms with Gasteiger partial charge in [0.05, 0.1) is 19.0 Å². The average Bonchev–Trinajstić information content (AvgIpc) is 3.11. The van der Waals surface area contributed by atoms with Gasteiger partial charge in [-0.05, 0) is 24.3 Å². The van der Waals surface area contributed by atoms with Gasteiger partial charge in [-0.1, -0.05) is 0 Å². The van der Waals surface area contributed by atoms with Crippen LogP contribution < -0.4 is 19.7 Å². The Morgan fingerprint density at radius 2 is 2.00 bits per heavy atom. The summed E-state index contributed by atoms with van der Waals surface area (Å²) in [6.07, 6.45) is 1.68. The zero-order chi connectivity index (χ0) is 17.1. The van der Waals surface area contributed by atoms with Crippen molar-refractivity contribution in [3.05, 3.63) is 42.2 Å². The number of ether oxygens (including phenoxy) is 2.